The van der Waals surface area contributed by atoms with Crippen LogP contribution in [0.5, 0.6) is 0 Å². The van der Waals surface area contributed by atoms with E-state index in [-0.39, 0.29) is 0 Å². The van der Waals surface area contributed by atoms with Crippen LogP contribution in [0.15, 0.2) is 48.5 Å². The SMILES string of the molecule is CCCCc1ccc(NCCCNc2nsc3ccccc23)cc1. The first kappa shape index (κ1) is 16.8. The summed E-state index contributed by atoms with van der Waals surface area (Å²) < 4.78 is 5.73. The lowest BCUT2D eigenvalue weighted by Crippen LogP contribution is -2.09. The predicted octanol–water partition coefficient (Wildman–Crippen LogP) is 5.55. The summed E-state index contributed by atoms with van der Waals surface area (Å²) >= 11 is 1.55. The lowest BCUT2D eigenvalue weighted by atomic mass is 10.1. The second-order valence-corrected chi connectivity index (χ2v) is 6.84. The topological polar surface area (TPSA) is 37.0 Å². The van der Waals surface area contributed by atoms with Crippen molar-refractivity contribution in [1.82, 2.24) is 4.37 Å². The van der Waals surface area contributed by atoms with E-state index in [1.54, 1.807) is 11.5 Å². The van der Waals surface area contributed by atoms with Crippen LogP contribution in [0.25, 0.3) is 10.1 Å². The number of aromatic nitrogens is 1. The molecule has 2 N–H and O–H groups in total. The van der Waals surface area contributed by atoms with E-state index in [0.717, 1.165) is 25.3 Å². The van der Waals surface area contributed by atoms with Gasteiger partial charge in [-0.15, -0.1) is 0 Å². The number of aryl methyl sites for hydroxylation is 1. The molecule has 3 aromatic rings. The highest BCUT2D eigenvalue weighted by atomic mass is 32.1. The molecule has 3 nitrogen and oxygen atoms in total. The lowest BCUT2D eigenvalue weighted by molar-refractivity contribution is 0.795. The third kappa shape index (κ3) is 4.48. The number of anilines is 2. The molecule has 0 aliphatic carbocycles. The minimum absolute atomic E-state index is 0.926. The molecule has 2 aromatic carbocycles. The van der Waals surface area contributed by atoms with Gasteiger partial charge in [-0.3, -0.25) is 0 Å². The van der Waals surface area contributed by atoms with E-state index in [1.807, 2.05) is 0 Å². The molecule has 0 fully saturated rings. The smallest absolute Gasteiger partial charge is 0.147 e. The van der Waals surface area contributed by atoms with E-state index >= 15 is 0 Å². The number of unbranched alkanes of at least 4 members (excludes halogenated alkanes) is 1. The number of nitrogens with zero attached hydrogens (tertiary/aromatic N) is 1. The number of benzene rings is 2. The van der Waals surface area contributed by atoms with Crippen molar-refractivity contribution in [2.75, 3.05) is 23.7 Å². The van der Waals surface area contributed by atoms with E-state index < -0.39 is 0 Å². The van der Waals surface area contributed by atoms with Crippen molar-refractivity contribution < 1.29 is 0 Å². The van der Waals surface area contributed by atoms with Crippen LogP contribution in [-0.4, -0.2) is 17.5 Å². The molecule has 0 bridgehead atoms. The molecule has 0 unspecified atom stereocenters. The molecule has 126 valence electrons. The summed E-state index contributed by atoms with van der Waals surface area (Å²) in [5, 5.41) is 8.15. The molecule has 3 rings (SSSR count). The van der Waals surface area contributed by atoms with Crippen LogP contribution in [0.2, 0.25) is 0 Å². The summed E-state index contributed by atoms with van der Waals surface area (Å²) in [6.07, 6.45) is 4.76. The third-order valence-electron chi connectivity index (χ3n) is 4.13. The number of hydrogen-bond donors (Lipinski definition) is 2. The van der Waals surface area contributed by atoms with Gasteiger partial charge in [-0.05, 0) is 60.6 Å². The van der Waals surface area contributed by atoms with Gasteiger partial charge in [-0.25, -0.2) is 0 Å². The summed E-state index contributed by atoms with van der Waals surface area (Å²) in [7, 11) is 0. The predicted molar refractivity (Wildman–Crippen MR) is 106 cm³/mol. The average molecular weight is 340 g/mol. The normalized spacial score (nSPS) is 10.9. The largest absolute Gasteiger partial charge is 0.385 e. The Hall–Kier alpha value is -2.07. The fraction of sp³-hybridized carbons (Fsp3) is 0.350. The van der Waals surface area contributed by atoms with Crippen LogP contribution in [0.4, 0.5) is 11.5 Å². The summed E-state index contributed by atoms with van der Waals surface area (Å²) in [5.74, 6) is 1.01. The Morgan fingerprint density at radius 3 is 2.54 bits per heavy atom. The number of fused-ring (bicyclic) bond motifs is 1. The van der Waals surface area contributed by atoms with Gasteiger partial charge in [0.25, 0.3) is 0 Å². The average Bonchev–Trinajstić information content (AvgIpc) is 3.04. The van der Waals surface area contributed by atoms with Gasteiger partial charge in [0.15, 0.2) is 0 Å². The second-order valence-electron chi connectivity index (χ2n) is 6.03. The van der Waals surface area contributed by atoms with Crippen LogP contribution < -0.4 is 10.6 Å². The Kier molecular flexibility index (Phi) is 6.07. The van der Waals surface area contributed by atoms with Gasteiger partial charge in [-0.2, -0.15) is 4.37 Å². The van der Waals surface area contributed by atoms with Gasteiger partial charge in [0.05, 0.1) is 4.70 Å². The summed E-state index contributed by atoms with van der Waals surface area (Å²) in [6, 6.07) is 17.2. The fourth-order valence-corrected chi connectivity index (χ4v) is 3.47. The molecule has 0 aliphatic heterocycles. The number of hydrogen-bond acceptors (Lipinski definition) is 4. The Labute approximate surface area is 148 Å². The molecule has 4 heteroatoms. The van der Waals surface area contributed by atoms with Gasteiger partial charge in [-0.1, -0.05) is 37.6 Å². The van der Waals surface area contributed by atoms with Crippen molar-refractivity contribution in [2.45, 2.75) is 32.6 Å². The van der Waals surface area contributed by atoms with E-state index in [0.29, 0.717) is 0 Å². The molecule has 24 heavy (non-hydrogen) atoms. The molecule has 0 aliphatic rings. The van der Waals surface area contributed by atoms with Crippen molar-refractivity contribution in [2.24, 2.45) is 0 Å². The Morgan fingerprint density at radius 2 is 1.71 bits per heavy atom. The van der Waals surface area contributed by atoms with Crippen LogP contribution in [0.1, 0.15) is 31.7 Å². The van der Waals surface area contributed by atoms with Gasteiger partial charge < -0.3 is 10.6 Å². The zero-order valence-corrected chi connectivity index (χ0v) is 15.0. The highest BCUT2D eigenvalue weighted by Crippen LogP contribution is 2.25. The first-order valence-electron chi connectivity index (χ1n) is 8.78. The lowest BCUT2D eigenvalue weighted by Gasteiger charge is -2.08. The van der Waals surface area contributed by atoms with Gasteiger partial charge >= 0.3 is 0 Å². The van der Waals surface area contributed by atoms with E-state index in [4.69, 9.17) is 0 Å². The Bertz CT molecular complexity index is 749. The molecule has 1 aromatic heterocycles. The summed E-state index contributed by atoms with van der Waals surface area (Å²) in [5.41, 5.74) is 2.63. The van der Waals surface area contributed by atoms with Crippen molar-refractivity contribution >= 4 is 33.1 Å². The van der Waals surface area contributed by atoms with Crippen molar-refractivity contribution in [3.05, 3.63) is 54.1 Å². The van der Waals surface area contributed by atoms with Gasteiger partial charge in [0, 0.05) is 24.2 Å². The maximum atomic E-state index is 4.50. The van der Waals surface area contributed by atoms with Crippen molar-refractivity contribution in [3.8, 4) is 0 Å². The van der Waals surface area contributed by atoms with E-state index in [1.165, 1.54) is 40.6 Å². The molecule has 0 saturated heterocycles. The van der Waals surface area contributed by atoms with Crippen LogP contribution >= 0.6 is 11.5 Å². The second kappa shape index (κ2) is 8.69. The number of nitrogens with one attached hydrogen (secondary N) is 2. The Morgan fingerprint density at radius 1 is 0.917 bits per heavy atom. The van der Waals surface area contributed by atoms with Crippen LogP contribution in [0, 0.1) is 0 Å². The monoisotopic (exact) mass is 339 g/mol. The molecule has 0 amide bonds. The van der Waals surface area contributed by atoms with E-state index in [9.17, 15) is 0 Å². The summed E-state index contributed by atoms with van der Waals surface area (Å²) in [6.45, 7) is 4.12. The molecule has 1 heterocycles. The van der Waals surface area contributed by atoms with Crippen molar-refractivity contribution in [1.29, 1.82) is 0 Å². The molecule has 0 saturated carbocycles. The van der Waals surface area contributed by atoms with Gasteiger partial charge in [0.1, 0.15) is 5.82 Å². The molecule has 0 atom stereocenters. The number of rotatable bonds is 9. The zero-order valence-electron chi connectivity index (χ0n) is 14.2. The minimum atomic E-state index is 0.926. The quantitative estimate of drug-likeness (QED) is 0.502. The van der Waals surface area contributed by atoms with Crippen molar-refractivity contribution in [3.63, 3.8) is 0 Å². The van der Waals surface area contributed by atoms with E-state index in [2.05, 4.69) is 70.5 Å². The third-order valence-corrected chi connectivity index (χ3v) is 4.95. The summed E-state index contributed by atoms with van der Waals surface area (Å²) in [4.78, 5) is 0. The van der Waals surface area contributed by atoms with Gasteiger partial charge in [0.2, 0.25) is 0 Å². The highest BCUT2D eigenvalue weighted by Gasteiger charge is 2.03. The van der Waals surface area contributed by atoms with Crippen LogP contribution in [0.3, 0.4) is 0 Å². The maximum absolute atomic E-state index is 4.50. The molecule has 0 spiro atoms. The maximum Gasteiger partial charge on any atom is 0.147 e. The minimum Gasteiger partial charge on any atom is -0.385 e. The molecule has 0 radical (unpaired) electrons. The van der Waals surface area contributed by atoms with Crippen LogP contribution in [-0.2, 0) is 6.42 Å². The Balaban J connectivity index is 1.39. The molecular formula is C20H25N3S. The first-order chi connectivity index (χ1) is 11.9. The highest BCUT2D eigenvalue weighted by molar-refractivity contribution is 7.13. The first-order valence-corrected chi connectivity index (χ1v) is 9.55. The standard InChI is InChI=1S/C20H25N3S/c1-2-3-7-16-10-12-17(13-11-16)21-14-6-15-22-20-18-8-4-5-9-19(18)24-23-20/h4-5,8-13,21H,2-3,6-7,14-15H2,1H3,(H,22,23). The zero-order chi connectivity index (χ0) is 16.6. The fourth-order valence-electron chi connectivity index (χ4n) is 2.71. The molecular weight excluding hydrogens is 314 g/mol.